The molecule has 1 N–H and O–H groups in total. The Balaban J connectivity index is 2.03. The van der Waals surface area contributed by atoms with Gasteiger partial charge in [-0.2, -0.15) is 0 Å². The number of carbonyl (C=O) groups excluding carboxylic acids is 1. The summed E-state index contributed by atoms with van der Waals surface area (Å²) >= 11 is 0. The lowest BCUT2D eigenvalue weighted by atomic mass is 10.1. The summed E-state index contributed by atoms with van der Waals surface area (Å²) in [4.78, 5) is 29.1. The van der Waals surface area contributed by atoms with E-state index in [1.54, 1.807) is 36.7 Å². The number of hydrogen-bond donors (Lipinski definition) is 1. The molecule has 100 valence electrons. The highest BCUT2D eigenvalue weighted by molar-refractivity contribution is 5.90. The smallest absolute Gasteiger partial charge is 0.289 e. The number of carbonyl (C=O) groups is 1. The van der Waals surface area contributed by atoms with E-state index in [9.17, 15) is 4.79 Å². The highest BCUT2D eigenvalue weighted by atomic mass is 16.2. The SMILES string of the molecule is Cc1cnc(C(=O)N(C)[C@@H](C)Cc2cnccn2)[nH]1. The third-order valence-electron chi connectivity index (χ3n) is 3.01. The average molecular weight is 259 g/mol. The number of aromatic amines is 1. The molecule has 1 atom stereocenters. The van der Waals surface area contributed by atoms with Crippen molar-refractivity contribution < 1.29 is 4.79 Å². The first-order valence-corrected chi connectivity index (χ1v) is 6.11. The van der Waals surface area contributed by atoms with Crippen molar-refractivity contribution in [3.8, 4) is 0 Å². The van der Waals surface area contributed by atoms with Crippen molar-refractivity contribution in [2.24, 2.45) is 0 Å². The van der Waals surface area contributed by atoms with E-state index in [0.717, 1.165) is 11.4 Å². The van der Waals surface area contributed by atoms with Crippen LogP contribution in [0.2, 0.25) is 0 Å². The Kier molecular flexibility index (Phi) is 3.89. The molecule has 0 spiro atoms. The standard InChI is InChI=1S/C13H17N5O/c1-9-7-16-12(17-9)13(19)18(3)10(2)6-11-8-14-4-5-15-11/h4-5,7-8,10H,6H2,1-3H3,(H,16,17)/t10-/m0/s1. The van der Waals surface area contributed by atoms with Crippen molar-refractivity contribution in [2.75, 3.05) is 7.05 Å². The molecule has 6 heteroatoms. The molecule has 2 rings (SSSR count). The molecule has 0 aliphatic rings. The largest absolute Gasteiger partial charge is 0.338 e. The molecule has 2 aromatic heterocycles. The lowest BCUT2D eigenvalue weighted by molar-refractivity contribution is 0.0731. The third-order valence-corrected chi connectivity index (χ3v) is 3.01. The van der Waals surface area contributed by atoms with Gasteiger partial charge in [0.05, 0.1) is 5.69 Å². The van der Waals surface area contributed by atoms with Crippen LogP contribution < -0.4 is 0 Å². The number of hydrogen-bond acceptors (Lipinski definition) is 4. The van der Waals surface area contributed by atoms with Gasteiger partial charge in [-0.15, -0.1) is 0 Å². The van der Waals surface area contributed by atoms with Crippen molar-refractivity contribution in [1.29, 1.82) is 0 Å². The van der Waals surface area contributed by atoms with E-state index in [1.807, 2.05) is 13.8 Å². The Labute approximate surface area is 111 Å². The fraction of sp³-hybridized carbons (Fsp3) is 0.385. The zero-order valence-electron chi connectivity index (χ0n) is 11.3. The van der Waals surface area contributed by atoms with Crippen molar-refractivity contribution in [1.82, 2.24) is 24.8 Å². The Bertz CT molecular complexity index is 551. The van der Waals surface area contributed by atoms with Crippen LogP contribution in [0.15, 0.2) is 24.8 Å². The average Bonchev–Trinajstić information content (AvgIpc) is 2.85. The molecule has 6 nitrogen and oxygen atoms in total. The Morgan fingerprint density at radius 2 is 2.16 bits per heavy atom. The number of nitrogens with zero attached hydrogens (tertiary/aromatic N) is 4. The van der Waals surface area contributed by atoms with Gasteiger partial charge in [-0.25, -0.2) is 4.98 Å². The molecule has 0 bridgehead atoms. The van der Waals surface area contributed by atoms with E-state index >= 15 is 0 Å². The maximum absolute atomic E-state index is 12.2. The lowest BCUT2D eigenvalue weighted by Crippen LogP contribution is -2.37. The predicted octanol–water partition coefficient (Wildman–Crippen LogP) is 1.21. The number of likely N-dealkylation sites (N-methyl/N-ethyl adjacent to an activating group) is 1. The molecule has 0 unspecified atom stereocenters. The summed E-state index contributed by atoms with van der Waals surface area (Å²) in [5, 5.41) is 0. The molecule has 1 amide bonds. The molecule has 0 aliphatic carbocycles. The maximum atomic E-state index is 12.2. The van der Waals surface area contributed by atoms with Gasteiger partial charge in [0.1, 0.15) is 0 Å². The first-order chi connectivity index (χ1) is 9.08. The fourth-order valence-corrected chi connectivity index (χ4v) is 1.76. The van der Waals surface area contributed by atoms with Crippen molar-refractivity contribution >= 4 is 5.91 Å². The zero-order valence-corrected chi connectivity index (χ0v) is 11.3. The highest BCUT2D eigenvalue weighted by Gasteiger charge is 2.20. The topological polar surface area (TPSA) is 74.8 Å². The van der Waals surface area contributed by atoms with Gasteiger partial charge in [0.2, 0.25) is 0 Å². The minimum Gasteiger partial charge on any atom is -0.338 e. The van der Waals surface area contributed by atoms with Crippen LogP contribution in [-0.4, -0.2) is 43.8 Å². The van der Waals surface area contributed by atoms with Gasteiger partial charge < -0.3 is 9.88 Å². The van der Waals surface area contributed by atoms with E-state index in [0.29, 0.717) is 12.2 Å². The molecule has 0 saturated heterocycles. The van der Waals surface area contributed by atoms with Gasteiger partial charge in [-0.1, -0.05) is 0 Å². The van der Waals surface area contributed by atoms with Gasteiger partial charge in [-0.05, 0) is 13.8 Å². The third kappa shape index (κ3) is 3.15. The highest BCUT2D eigenvalue weighted by Crippen LogP contribution is 2.07. The number of aryl methyl sites for hydroxylation is 1. The number of nitrogens with one attached hydrogen (secondary N) is 1. The first kappa shape index (κ1) is 13.2. The van der Waals surface area contributed by atoms with Crippen LogP contribution in [-0.2, 0) is 6.42 Å². The predicted molar refractivity (Wildman–Crippen MR) is 70.6 cm³/mol. The summed E-state index contributed by atoms with van der Waals surface area (Å²) in [6, 6.07) is 0.0228. The van der Waals surface area contributed by atoms with Crippen LogP contribution in [0.5, 0.6) is 0 Å². The summed E-state index contributed by atoms with van der Waals surface area (Å²) in [6.45, 7) is 3.84. The molecular weight excluding hydrogens is 242 g/mol. The van der Waals surface area contributed by atoms with Crippen LogP contribution in [0.3, 0.4) is 0 Å². The molecule has 19 heavy (non-hydrogen) atoms. The van der Waals surface area contributed by atoms with Gasteiger partial charge in [0, 0.05) is 50.0 Å². The van der Waals surface area contributed by atoms with Gasteiger partial charge in [0.25, 0.3) is 5.91 Å². The Hall–Kier alpha value is -2.24. The molecule has 0 fully saturated rings. The quantitative estimate of drug-likeness (QED) is 0.895. The van der Waals surface area contributed by atoms with E-state index in [-0.39, 0.29) is 11.9 Å². The summed E-state index contributed by atoms with van der Waals surface area (Å²) in [5.74, 6) is 0.246. The van der Waals surface area contributed by atoms with Crippen LogP contribution >= 0.6 is 0 Å². The van der Waals surface area contributed by atoms with Crippen LogP contribution in [0, 0.1) is 6.92 Å². The first-order valence-electron chi connectivity index (χ1n) is 6.11. The second-order valence-electron chi connectivity index (χ2n) is 4.58. The molecule has 0 aliphatic heterocycles. The molecular formula is C13H17N5O. The summed E-state index contributed by atoms with van der Waals surface area (Å²) < 4.78 is 0. The molecule has 2 aromatic rings. The summed E-state index contributed by atoms with van der Waals surface area (Å²) in [5.41, 5.74) is 1.74. The van der Waals surface area contributed by atoms with E-state index in [1.165, 1.54) is 0 Å². The Morgan fingerprint density at radius 1 is 1.37 bits per heavy atom. The minimum atomic E-state index is -0.121. The number of amides is 1. The number of H-pyrrole nitrogens is 1. The van der Waals surface area contributed by atoms with Gasteiger partial charge in [-0.3, -0.25) is 14.8 Å². The normalized spacial score (nSPS) is 12.2. The van der Waals surface area contributed by atoms with Crippen molar-refractivity contribution in [3.05, 3.63) is 42.0 Å². The molecule has 0 saturated carbocycles. The molecule has 0 aromatic carbocycles. The summed E-state index contributed by atoms with van der Waals surface area (Å²) in [7, 11) is 1.77. The fourth-order valence-electron chi connectivity index (χ4n) is 1.76. The van der Waals surface area contributed by atoms with Gasteiger partial charge >= 0.3 is 0 Å². The maximum Gasteiger partial charge on any atom is 0.289 e. The van der Waals surface area contributed by atoms with Crippen molar-refractivity contribution in [3.63, 3.8) is 0 Å². The summed E-state index contributed by atoms with van der Waals surface area (Å²) in [6.07, 6.45) is 7.31. The van der Waals surface area contributed by atoms with Crippen LogP contribution in [0.4, 0.5) is 0 Å². The second kappa shape index (κ2) is 5.60. The number of aromatic nitrogens is 4. The van der Waals surface area contributed by atoms with Crippen LogP contribution in [0.1, 0.15) is 28.9 Å². The Morgan fingerprint density at radius 3 is 2.74 bits per heavy atom. The number of rotatable bonds is 4. The van der Waals surface area contributed by atoms with E-state index in [4.69, 9.17) is 0 Å². The van der Waals surface area contributed by atoms with E-state index < -0.39 is 0 Å². The number of imidazole rings is 1. The molecule has 2 heterocycles. The minimum absolute atomic E-state index is 0.0228. The molecule has 0 radical (unpaired) electrons. The van der Waals surface area contributed by atoms with Crippen molar-refractivity contribution in [2.45, 2.75) is 26.3 Å². The van der Waals surface area contributed by atoms with E-state index in [2.05, 4.69) is 19.9 Å². The zero-order chi connectivity index (χ0) is 13.8. The van der Waals surface area contributed by atoms with Crippen LogP contribution in [0.25, 0.3) is 0 Å². The monoisotopic (exact) mass is 259 g/mol. The van der Waals surface area contributed by atoms with Gasteiger partial charge in [0.15, 0.2) is 5.82 Å². The lowest BCUT2D eigenvalue weighted by Gasteiger charge is -2.23. The second-order valence-corrected chi connectivity index (χ2v) is 4.58.